The van der Waals surface area contributed by atoms with Gasteiger partial charge in [0, 0.05) is 19.2 Å². The summed E-state index contributed by atoms with van der Waals surface area (Å²) in [5.41, 5.74) is 2.80. The van der Waals surface area contributed by atoms with Crippen molar-refractivity contribution in [3.05, 3.63) is 95.4 Å². The van der Waals surface area contributed by atoms with Crippen molar-refractivity contribution in [1.29, 1.82) is 0 Å². The number of aromatic nitrogens is 2. The van der Waals surface area contributed by atoms with Gasteiger partial charge in [0.25, 0.3) is 5.91 Å². The highest BCUT2D eigenvalue weighted by Crippen LogP contribution is 2.32. The van der Waals surface area contributed by atoms with Crippen molar-refractivity contribution in [3.63, 3.8) is 0 Å². The first-order valence-corrected chi connectivity index (χ1v) is 11.8. The maximum atomic E-state index is 13.8. The number of carbonyl (C=O) groups is 2. The number of nitrogens with one attached hydrogen (secondary N) is 1. The molecule has 3 heterocycles. The highest BCUT2D eigenvalue weighted by atomic mass is 16.5. The molecule has 0 unspecified atom stereocenters. The van der Waals surface area contributed by atoms with Gasteiger partial charge in [0.1, 0.15) is 22.7 Å². The molecular weight excluding hydrogens is 456 g/mol. The lowest BCUT2D eigenvalue weighted by molar-refractivity contribution is -0.133. The number of hydrogen-bond acceptors (Lipinski definition) is 5. The molecule has 0 fully saturated rings. The largest absolute Gasteiger partial charge is 0.497 e. The van der Waals surface area contributed by atoms with Crippen LogP contribution in [-0.2, 0) is 24.4 Å². The van der Waals surface area contributed by atoms with Crippen LogP contribution >= 0.6 is 0 Å². The van der Waals surface area contributed by atoms with Crippen molar-refractivity contribution in [2.75, 3.05) is 7.11 Å². The van der Waals surface area contributed by atoms with Crippen LogP contribution < -0.4 is 10.1 Å². The molecule has 1 aliphatic heterocycles. The second-order valence-corrected chi connectivity index (χ2v) is 9.17. The summed E-state index contributed by atoms with van der Waals surface area (Å²) >= 11 is 0. The van der Waals surface area contributed by atoms with E-state index in [4.69, 9.17) is 9.15 Å². The summed E-state index contributed by atoms with van der Waals surface area (Å²) in [6, 6.07) is 20.7. The van der Waals surface area contributed by atoms with Crippen LogP contribution in [0.15, 0.2) is 77.4 Å². The molecule has 5 rings (SSSR count). The van der Waals surface area contributed by atoms with E-state index in [1.807, 2.05) is 55.5 Å². The molecule has 1 aliphatic rings. The lowest BCUT2D eigenvalue weighted by Gasteiger charge is -2.43. The Balaban J connectivity index is 1.47. The Morgan fingerprint density at radius 2 is 1.92 bits per heavy atom. The Morgan fingerprint density at radius 1 is 1.14 bits per heavy atom. The summed E-state index contributed by atoms with van der Waals surface area (Å²) < 4.78 is 12.3. The molecule has 8 nitrogen and oxygen atoms in total. The normalized spacial score (nSPS) is 17.1. The fourth-order valence-corrected chi connectivity index (χ4v) is 4.51. The lowest BCUT2D eigenvalue weighted by atomic mass is 9.93. The number of nitrogens with zero attached hydrogens (tertiary/aromatic N) is 3. The van der Waals surface area contributed by atoms with E-state index in [9.17, 15) is 9.59 Å². The van der Waals surface area contributed by atoms with Crippen LogP contribution in [0.3, 0.4) is 0 Å². The van der Waals surface area contributed by atoms with Gasteiger partial charge >= 0.3 is 0 Å². The summed E-state index contributed by atoms with van der Waals surface area (Å²) in [7, 11) is 1.61. The third kappa shape index (κ3) is 4.26. The van der Waals surface area contributed by atoms with Crippen LogP contribution in [0.2, 0.25) is 0 Å². The molecule has 0 radical (unpaired) electrons. The molecule has 8 heteroatoms. The molecule has 4 aromatic rings. The van der Waals surface area contributed by atoms with Gasteiger partial charge in [0.15, 0.2) is 5.76 Å². The lowest BCUT2D eigenvalue weighted by Crippen LogP contribution is -2.63. The molecule has 2 amide bonds. The Kier molecular flexibility index (Phi) is 6.10. The van der Waals surface area contributed by atoms with Gasteiger partial charge < -0.3 is 19.4 Å². The molecule has 0 spiro atoms. The molecule has 0 saturated carbocycles. The summed E-state index contributed by atoms with van der Waals surface area (Å²) in [6.45, 7) is 4.65. The van der Waals surface area contributed by atoms with Crippen molar-refractivity contribution in [3.8, 4) is 17.2 Å². The number of methoxy groups -OCH3 is 1. The third-order valence-electron chi connectivity index (χ3n) is 6.76. The highest BCUT2D eigenvalue weighted by molar-refractivity contribution is 6.00. The maximum absolute atomic E-state index is 13.8. The first kappa shape index (κ1) is 23.4. The van der Waals surface area contributed by atoms with E-state index >= 15 is 0 Å². The number of ether oxygens (including phenoxy) is 1. The monoisotopic (exact) mass is 484 g/mol. The summed E-state index contributed by atoms with van der Waals surface area (Å²) in [4.78, 5) is 29.2. The number of hydrogen-bond donors (Lipinski definition) is 1. The standard InChI is InChI=1S/C28H28N4O4/c1-19-7-4-5-8-21(19)17-31-26(33)24-15-23(25-9-6-14-36-25)30-32(24)18-28(31,2)27(34)29-16-20-10-12-22(35-3)13-11-20/h4-15H,16-18H2,1-3H3,(H,29,34)/t28-/m0/s1. The summed E-state index contributed by atoms with van der Waals surface area (Å²) in [5.74, 6) is 0.816. The van der Waals surface area contributed by atoms with Crippen LogP contribution in [0.1, 0.15) is 34.1 Å². The highest BCUT2D eigenvalue weighted by Gasteiger charge is 2.48. The van der Waals surface area contributed by atoms with Crippen molar-refractivity contribution in [1.82, 2.24) is 20.0 Å². The molecule has 2 aromatic heterocycles. The average molecular weight is 485 g/mol. The van der Waals surface area contributed by atoms with Crippen molar-refractivity contribution < 1.29 is 18.7 Å². The smallest absolute Gasteiger partial charge is 0.273 e. The molecule has 1 atom stereocenters. The molecule has 36 heavy (non-hydrogen) atoms. The zero-order valence-corrected chi connectivity index (χ0v) is 20.5. The third-order valence-corrected chi connectivity index (χ3v) is 6.76. The molecule has 184 valence electrons. The zero-order valence-electron chi connectivity index (χ0n) is 20.5. The predicted octanol–water partition coefficient (Wildman–Crippen LogP) is 4.19. The van der Waals surface area contributed by atoms with Crippen molar-refractivity contribution in [2.45, 2.75) is 39.0 Å². The molecule has 0 bridgehead atoms. The van der Waals surface area contributed by atoms with Crippen LogP contribution in [-0.4, -0.2) is 39.1 Å². The number of fused-ring (bicyclic) bond motifs is 1. The first-order chi connectivity index (χ1) is 17.4. The van der Waals surface area contributed by atoms with Gasteiger partial charge in [-0.15, -0.1) is 0 Å². The number of benzene rings is 2. The van der Waals surface area contributed by atoms with Crippen LogP contribution in [0.4, 0.5) is 0 Å². The van der Waals surface area contributed by atoms with E-state index in [2.05, 4.69) is 10.4 Å². The molecule has 2 aromatic carbocycles. The Bertz CT molecular complexity index is 1390. The Hall–Kier alpha value is -4.33. The van der Waals surface area contributed by atoms with Gasteiger partial charge in [-0.2, -0.15) is 5.10 Å². The fraction of sp³-hybridized carbons (Fsp3) is 0.250. The van der Waals surface area contributed by atoms with Gasteiger partial charge in [-0.3, -0.25) is 14.3 Å². The summed E-state index contributed by atoms with van der Waals surface area (Å²) in [5, 5.41) is 7.63. The quantitative estimate of drug-likeness (QED) is 0.425. The Morgan fingerprint density at radius 3 is 2.61 bits per heavy atom. The Labute approximate surface area is 209 Å². The second kappa shape index (κ2) is 9.37. The van der Waals surface area contributed by atoms with Crippen LogP contribution in [0.25, 0.3) is 11.5 Å². The van der Waals surface area contributed by atoms with E-state index in [0.717, 1.165) is 22.4 Å². The van der Waals surface area contributed by atoms with Gasteiger partial charge in [0.05, 0.1) is 19.9 Å². The number of aryl methyl sites for hydroxylation is 1. The van der Waals surface area contributed by atoms with Gasteiger partial charge in [0.2, 0.25) is 5.91 Å². The number of furan rings is 1. The van der Waals surface area contributed by atoms with E-state index in [1.54, 1.807) is 48.1 Å². The van der Waals surface area contributed by atoms with Gasteiger partial charge in [-0.1, -0.05) is 36.4 Å². The topological polar surface area (TPSA) is 89.6 Å². The van der Waals surface area contributed by atoms with E-state index < -0.39 is 5.54 Å². The van der Waals surface area contributed by atoms with Gasteiger partial charge in [-0.25, -0.2) is 0 Å². The second-order valence-electron chi connectivity index (χ2n) is 9.17. The van der Waals surface area contributed by atoms with Gasteiger partial charge in [-0.05, 0) is 54.8 Å². The summed E-state index contributed by atoms with van der Waals surface area (Å²) in [6.07, 6.45) is 1.57. The van der Waals surface area contributed by atoms with E-state index in [0.29, 0.717) is 30.2 Å². The number of rotatable bonds is 7. The molecule has 0 aliphatic carbocycles. The van der Waals surface area contributed by atoms with Crippen LogP contribution in [0, 0.1) is 6.92 Å². The molecule has 1 N–H and O–H groups in total. The maximum Gasteiger partial charge on any atom is 0.273 e. The number of carbonyl (C=O) groups excluding carboxylic acids is 2. The van der Waals surface area contributed by atoms with E-state index in [1.165, 1.54) is 0 Å². The van der Waals surface area contributed by atoms with E-state index in [-0.39, 0.29) is 18.4 Å². The zero-order chi connectivity index (χ0) is 25.3. The van der Waals surface area contributed by atoms with Crippen molar-refractivity contribution in [2.24, 2.45) is 0 Å². The van der Waals surface area contributed by atoms with Crippen LogP contribution in [0.5, 0.6) is 5.75 Å². The minimum atomic E-state index is -1.16. The molecule has 0 saturated heterocycles. The minimum Gasteiger partial charge on any atom is -0.497 e. The molecular formula is C28H28N4O4. The first-order valence-electron chi connectivity index (χ1n) is 11.8. The predicted molar refractivity (Wildman–Crippen MR) is 134 cm³/mol. The minimum absolute atomic E-state index is 0.217. The average Bonchev–Trinajstić information content (AvgIpc) is 3.57. The number of amides is 2. The SMILES string of the molecule is COc1ccc(CNC(=O)[C@]2(C)Cn3nc(-c4ccco4)cc3C(=O)N2Cc2ccccc2C)cc1. The van der Waals surface area contributed by atoms with Crippen molar-refractivity contribution >= 4 is 11.8 Å². The fourth-order valence-electron chi connectivity index (χ4n) is 4.51.